The van der Waals surface area contributed by atoms with Crippen LogP contribution in [0.25, 0.3) is 11.3 Å². The first-order valence-corrected chi connectivity index (χ1v) is 9.23. The molecule has 1 aromatic carbocycles. The molecule has 0 saturated carbocycles. The molecular formula is C16H19N3O5S. The summed E-state index contributed by atoms with van der Waals surface area (Å²) in [5, 5.41) is 11.9. The van der Waals surface area contributed by atoms with Crippen LogP contribution in [0.2, 0.25) is 0 Å². The standard InChI is InChI=1S/C16H19N3O5S/c1-10-3-4-12(14-8-18-11(2)24-14)7-15(10)25(22,23)19-6-5-17-13(9-19)16(20)21/h3-4,7-8,13,17H,5-6,9H2,1-2H3,(H,20,21)/t13-/m1/s1. The summed E-state index contributed by atoms with van der Waals surface area (Å²) in [6.07, 6.45) is 1.54. The van der Waals surface area contributed by atoms with Gasteiger partial charge in [0, 0.05) is 32.1 Å². The summed E-state index contributed by atoms with van der Waals surface area (Å²) < 4.78 is 32.7. The van der Waals surface area contributed by atoms with Gasteiger partial charge in [0.1, 0.15) is 6.04 Å². The molecule has 0 spiro atoms. The number of carboxylic acids is 1. The molecule has 134 valence electrons. The second-order valence-electron chi connectivity index (χ2n) is 5.93. The highest BCUT2D eigenvalue weighted by Crippen LogP contribution is 2.28. The van der Waals surface area contributed by atoms with E-state index in [9.17, 15) is 13.2 Å². The number of benzene rings is 1. The number of rotatable bonds is 4. The van der Waals surface area contributed by atoms with Gasteiger partial charge in [-0.1, -0.05) is 12.1 Å². The molecule has 0 unspecified atom stereocenters. The van der Waals surface area contributed by atoms with Gasteiger partial charge in [0.25, 0.3) is 0 Å². The molecule has 1 fully saturated rings. The number of nitrogens with one attached hydrogen (secondary N) is 1. The molecule has 8 nitrogen and oxygen atoms in total. The van der Waals surface area contributed by atoms with E-state index in [1.165, 1.54) is 4.31 Å². The van der Waals surface area contributed by atoms with Crippen molar-refractivity contribution in [3.05, 3.63) is 35.9 Å². The molecule has 2 heterocycles. The molecule has 1 aromatic heterocycles. The highest BCUT2D eigenvalue weighted by molar-refractivity contribution is 7.89. The number of hydrogen-bond donors (Lipinski definition) is 2. The van der Waals surface area contributed by atoms with E-state index in [4.69, 9.17) is 9.52 Å². The van der Waals surface area contributed by atoms with Crippen LogP contribution in [0, 0.1) is 13.8 Å². The number of oxazole rings is 1. The highest BCUT2D eigenvalue weighted by atomic mass is 32.2. The molecule has 0 aliphatic carbocycles. The van der Waals surface area contributed by atoms with Crippen LogP contribution in [-0.2, 0) is 14.8 Å². The van der Waals surface area contributed by atoms with Gasteiger partial charge in [-0.15, -0.1) is 0 Å². The second-order valence-corrected chi connectivity index (χ2v) is 7.84. The lowest BCUT2D eigenvalue weighted by atomic mass is 10.1. The molecule has 2 aromatic rings. The Bertz CT molecular complexity index is 906. The smallest absolute Gasteiger partial charge is 0.322 e. The molecule has 9 heteroatoms. The van der Waals surface area contributed by atoms with E-state index >= 15 is 0 Å². The Morgan fingerprint density at radius 1 is 1.40 bits per heavy atom. The minimum Gasteiger partial charge on any atom is -0.480 e. The number of carbonyl (C=O) groups is 1. The number of piperazine rings is 1. The van der Waals surface area contributed by atoms with E-state index in [0.717, 1.165) is 0 Å². The minimum absolute atomic E-state index is 0.108. The molecule has 1 aliphatic rings. The normalized spacial score (nSPS) is 19.0. The van der Waals surface area contributed by atoms with Crippen molar-refractivity contribution in [2.75, 3.05) is 19.6 Å². The Labute approximate surface area is 145 Å². The van der Waals surface area contributed by atoms with Crippen LogP contribution >= 0.6 is 0 Å². The van der Waals surface area contributed by atoms with Crippen molar-refractivity contribution in [1.29, 1.82) is 0 Å². The van der Waals surface area contributed by atoms with Crippen LogP contribution in [0.15, 0.2) is 33.7 Å². The predicted molar refractivity (Wildman–Crippen MR) is 89.6 cm³/mol. The topological polar surface area (TPSA) is 113 Å². The van der Waals surface area contributed by atoms with Crippen molar-refractivity contribution in [2.45, 2.75) is 24.8 Å². The number of nitrogens with zero attached hydrogens (tertiary/aromatic N) is 2. The lowest BCUT2D eigenvalue weighted by molar-refractivity contribution is -0.140. The zero-order valence-electron chi connectivity index (χ0n) is 13.9. The largest absolute Gasteiger partial charge is 0.480 e. The Hall–Kier alpha value is -2.23. The van der Waals surface area contributed by atoms with E-state index in [0.29, 0.717) is 22.8 Å². The molecule has 1 saturated heterocycles. The van der Waals surface area contributed by atoms with Gasteiger partial charge in [-0.05, 0) is 18.6 Å². The number of carboxylic acid groups (broad SMARTS) is 1. The second kappa shape index (κ2) is 6.58. The van der Waals surface area contributed by atoms with Gasteiger partial charge in [0.05, 0.1) is 11.1 Å². The molecule has 0 amide bonds. The Morgan fingerprint density at radius 3 is 2.80 bits per heavy atom. The Kier molecular flexibility index (Phi) is 4.63. The van der Waals surface area contributed by atoms with Crippen molar-refractivity contribution >= 4 is 16.0 Å². The van der Waals surface area contributed by atoms with E-state index in [-0.39, 0.29) is 24.5 Å². The molecule has 2 N–H and O–H groups in total. The van der Waals surface area contributed by atoms with Gasteiger partial charge >= 0.3 is 5.97 Å². The van der Waals surface area contributed by atoms with Crippen LogP contribution in [-0.4, -0.2) is 54.5 Å². The number of aliphatic carboxylic acids is 1. The highest BCUT2D eigenvalue weighted by Gasteiger charge is 2.34. The van der Waals surface area contributed by atoms with Gasteiger partial charge in [-0.25, -0.2) is 13.4 Å². The van der Waals surface area contributed by atoms with Crippen molar-refractivity contribution in [3.63, 3.8) is 0 Å². The molecule has 1 atom stereocenters. The predicted octanol–water partition coefficient (Wildman–Crippen LogP) is 1.01. The summed E-state index contributed by atoms with van der Waals surface area (Å²) in [6, 6.07) is 4.11. The van der Waals surface area contributed by atoms with Crippen LogP contribution in [0.5, 0.6) is 0 Å². The SMILES string of the molecule is Cc1ncc(-c2ccc(C)c(S(=O)(=O)N3CCN[C@@H](C(=O)O)C3)c2)o1. The molecular weight excluding hydrogens is 346 g/mol. The first kappa shape index (κ1) is 17.6. The Balaban J connectivity index is 1.98. The fraction of sp³-hybridized carbons (Fsp3) is 0.375. The van der Waals surface area contributed by atoms with E-state index < -0.39 is 22.0 Å². The average molecular weight is 365 g/mol. The van der Waals surface area contributed by atoms with Gasteiger partial charge in [-0.3, -0.25) is 4.79 Å². The maximum atomic E-state index is 13.0. The number of sulfonamides is 1. The summed E-state index contributed by atoms with van der Waals surface area (Å²) in [5.41, 5.74) is 1.19. The van der Waals surface area contributed by atoms with E-state index in [1.807, 2.05) is 0 Å². The van der Waals surface area contributed by atoms with Crippen molar-refractivity contribution in [3.8, 4) is 11.3 Å². The van der Waals surface area contributed by atoms with Crippen LogP contribution < -0.4 is 5.32 Å². The third-order valence-electron chi connectivity index (χ3n) is 4.15. The summed E-state index contributed by atoms with van der Waals surface area (Å²) in [7, 11) is -3.81. The fourth-order valence-corrected chi connectivity index (χ4v) is 4.48. The summed E-state index contributed by atoms with van der Waals surface area (Å²) in [6.45, 7) is 3.82. The van der Waals surface area contributed by atoms with Gasteiger partial charge in [-0.2, -0.15) is 4.31 Å². The summed E-state index contributed by atoms with van der Waals surface area (Å²) >= 11 is 0. The zero-order valence-corrected chi connectivity index (χ0v) is 14.7. The lowest BCUT2D eigenvalue weighted by Gasteiger charge is -2.31. The Morgan fingerprint density at radius 2 is 2.16 bits per heavy atom. The quantitative estimate of drug-likeness (QED) is 0.831. The maximum Gasteiger partial charge on any atom is 0.322 e. The maximum absolute atomic E-state index is 13.0. The van der Waals surface area contributed by atoms with Crippen molar-refractivity contribution < 1.29 is 22.7 Å². The summed E-state index contributed by atoms with van der Waals surface area (Å²) in [5.74, 6) is -0.0911. The van der Waals surface area contributed by atoms with Crippen LogP contribution in [0.3, 0.4) is 0 Å². The van der Waals surface area contributed by atoms with Gasteiger partial charge < -0.3 is 14.8 Å². The van der Waals surface area contributed by atoms with E-state index in [2.05, 4.69) is 10.3 Å². The minimum atomic E-state index is -3.81. The molecule has 0 radical (unpaired) electrons. The van der Waals surface area contributed by atoms with Crippen molar-refractivity contribution in [2.24, 2.45) is 0 Å². The molecule has 25 heavy (non-hydrogen) atoms. The number of aryl methyl sites for hydroxylation is 2. The van der Waals surface area contributed by atoms with Crippen LogP contribution in [0.1, 0.15) is 11.5 Å². The average Bonchev–Trinajstić information content (AvgIpc) is 3.01. The first-order valence-electron chi connectivity index (χ1n) is 7.79. The monoisotopic (exact) mass is 365 g/mol. The molecule has 0 bridgehead atoms. The third kappa shape index (κ3) is 3.44. The molecule has 3 rings (SSSR count). The number of hydrogen-bond acceptors (Lipinski definition) is 6. The van der Waals surface area contributed by atoms with E-state index in [1.54, 1.807) is 38.2 Å². The summed E-state index contributed by atoms with van der Waals surface area (Å²) in [4.78, 5) is 15.3. The first-order chi connectivity index (χ1) is 11.8. The fourth-order valence-electron chi connectivity index (χ4n) is 2.77. The number of aromatic nitrogens is 1. The molecule has 1 aliphatic heterocycles. The van der Waals surface area contributed by atoms with Crippen LogP contribution in [0.4, 0.5) is 0 Å². The zero-order chi connectivity index (χ0) is 18.2. The third-order valence-corrected chi connectivity index (χ3v) is 6.16. The van der Waals surface area contributed by atoms with Gasteiger partial charge in [0.2, 0.25) is 10.0 Å². The van der Waals surface area contributed by atoms with Gasteiger partial charge in [0.15, 0.2) is 11.7 Å². The van der Waals surface area contributed by atoms with Crippen molar-refractivity contribution in [1.82, 2.24) is 14.6 Å². The lowest BCUT2D eigenvalue weighted by Crippen LogP contribution is -2.55.